The maximum Gasteiger partial charge on any atom is 0.265 e. The van der Waals surface area contributed by atoms with Crippen molar-refractivity contribution in [2.24, 2.45) is 0 Å². The molecule has 0 atom stereocenters. The van der Waals surface area contributed by atoms with Crippen LogP contribution in [0, 0.1) is 13.8 Å². The standard InChI is InChI=1S/C22H18ClN3O/c1-14-6-8-16(9-7-14)25-17-10-11-20-18(12-17)22(27)26(13-24-20)21-15(2)4-3-5-19(21)23/h3-13,25H,1-2H3. The first-order valence-electron chi connectivity index (χ1n) is 8.63. The number of anilines is 2. The molecule has 0 amide bonds. The monoisotopic (exact) mass is 375 g/mol. The fraction of sp³-hybridized carbons (Fsp3) is 0.0909. The van der Waals surface area contributed by atoms with Crippen molar-refractivity contribution in [3.05, 3.63) is 93.5 Å². The number of halogens is 1. The smallest absolute Gasteiger partial charge is 0.265 e. The van der Waals surface area contributed by atoms with E-state index >= 15 is 0 Å². The van der Waals surface area contributed by atoms with E-state index in [-0.39, 0.29) is 5.56 Å². The Hall–Kier alpha value is -3.11. The van der Waals surface area contributed by atoms with E-state index in [1.165, 1.54) is 16.5 Å². The van der Waals surface area contributed by atoms with Gasteiger partial charge in [-0.2, -0.15) is 0 Å². The zero-order chi connectivity index (χ0) is 19.0. The Morgan fingerprint density at radius 3 is 2.44 bits per heavy atom. The first-order valence-corrected chi connectivity index (χ1v) is 9.01. The molecule has 0 fully saturated rings. The van der Waals surface area contributed by atoms with E-state index in [2.05, 4.69) is 10.3 Å². The van der Waals surface area contributed by atoms with Crippen LogP contribution in [-0.2, 0) is 0 Å². The molecule has 0 aliphatic rings. The lowest BCUT2D eigenvalue weighted by Gasteiger charge is -2.12. The molecule has 0 aliphatic carbocycles. The second-order valence-corrected chi connectivity index (χ2v) is 6.96. The van der Waals surface area contributed by atoms with Crippen molar-refractivity contribution in [3.8, 4) is 5.69 Å². The van der Waals surface area contributed by atoms with Crippen LogP contribution in [0.5, 0.6) is 0 Å². The van der Waals surface area contributed by atoms with Crippen LogP contribution in [0.3, 0.4) is 0 Å². The zero-order valence-corrected chi connectivity index (χ0v) is 15.8. The maximum atomic E-state index is 13.1. The third kappa shape index (κ3) is 3.32. The van der Waals surface area contributed by atoms with Crippen molar-refractivity contribution >= 4 is 33.9 Å². The molecule has 0 radical (unpaired) electrons. The summed E-state index contributed by atoms with van der Waals surface area (Å²) < 4.78 is 1.51. The normalized spacial score (nSPS) is 10.9. The van der Waals surface area contributed by atoms with E-state index in [9.17, 15) is 4.79 Å². The van der Waals surface area contributed by atoms with Crippen LogP contribution in [0.15, 0.2) is 71.8 Å². The summed E-state index contributed by atoms with van der Waals surface area (Å²) in [6.45, 7) is 3.97. The van der Waals surface area contributed by atoms with Gasteiger partial charge in [-0.1, -0.05) is 41.4 Å². The second kappa shape index (κ2) is 6.89. The highest BCUT2D eigenvalue weighted by atomic mass is 35.5. The lowest BCUT2D eigenvalue weighted by Crippen LogP contribution is -2.20. The molecule has 1 N–H and O–H groups in total. The van der Waals surface area contributed by atoms with Crippen LogP contribution in [0.25, 0.3) is 16.6 Å². The molecule has 3 aromatic carbocycles. The van der Waals surface area contributed by atoms with Gasteiger partial charge in [0.25, 0.3) is 5.56 Å². The Balaban J connectivity index is 1.82. The van der Waals surface area contributed by atoms with Crippen molar-refractivity contribution in [1.82, 2.24) is 9.55 Å². The summed E-state index contributed by atoms with van der Waals surface area (Å²) in [5, 5.41) is 4.39. The van der Waals surface area contributed by atoms with Gasteiger partial charge in [0.2, 0.25) is 0 Å². The largest absolute Gasteiger partial charge is 0.356 e. The maximum absolute atomic E-state index is 13.1. The Bertz CT molecular complexity index is 1180. The summed E-state index contributed by atoms with van der Waals surface area (Å²) >= 11 is 6.34. The summed E-state index contributed by atoms with van der Waals surface area (Å²) in [4.78, 5) is 17.6. The van der Waals surface area contributed by atoms with Crippen LogP contribution >= 0.6 is 11.6 Å². The molecule has 1 heterocycles. The van der Waals surface area contributed by atoms with Crippen molar-refractivity contribution in [3.63, 3.8) is 0 Å². The van der Waals surface area contributed by atoms with Gasteiger partial charge < -0.3 is 5.32 Å². The van der Waals surface area contributed by atoms with Gasteiger partial charge in [-0.15, -0.1) is 0 Å². The van der Waals surface area contributed by atoms with Gasteiger partial charge in [-0.3, -0.25) is 9.36 Å². The Kier molecular flexibility index (Phi) is 4.42. The minimum atomic E-state index is -0.149. The number of para-hydroxylation sites is 1. The molecule has 4 aromatic rings. The van der Waals surface area contributed by atoms with Crippen LogP contribution in [0.4, 0.5) is 11.4 Å². The van der Waals surface area contributed by atoms with Crippen molar-refractivity contribution in [2.45, 2.75) is 13.8 Å². The molecule has 5 heteroatoms. The predicted octanol–water partition coefficient (Wildman–Crippen LogP) is 5.40. The van der Waals surface area contributed by atoms with E-state index in [1.54, 1.807) is 6.07 Å². The fourth-order valence-corrected chi connectivity index (χ4v) is 3.40. The van der Waals surface area contributed by atoms with Gasteiger partial charge in [0.05, 0.1) is 21.6 Å². The lowest BCUT2D eigenvalue weighted by molar-refractivity contribution is 0.953. The molecule has 0 aliphatic heterocycles. The van der Waals surface area contributed by atoms with E-state index in [1.807, 2.05) is 68.4 Å². The molecule has 0 saturated carbocycles. The summed E-state index contributed by atoms with van der Waals surface area (Å²) in [5.74, 6) is 0. The molecule has 0 saturated heterocycles. The first-order chi connectivity index (χ1) is 13.0. The SMILES string of the molecule is Cc1ccc(Nc2ccc3ncn(-c4c(C)cccc4Cl)c(=O)c3c2)cc1. The summed E-state index contributed by atoms with van der Waals surface area (Å²) in [6, 6.07) is 19.2. The zero-order valence-electron chi connectivity index (χ0n) is 15.0. The molecular weight excluding hydrogens is 358 g/mol. The van der Waals surface area contributed by atoms with Crippen molar-refractivity contribution < 1.29 is 0 Å². The van der Waals surface area contributed by atoms with E-state index < -0.39 is 0 Å². The summed E-state index contributed by atoms with van der Waals surface area (Å²) in [6.07, 6.45) is 1.53. The van der Waals surface area contributed by atoms with Gasteiger partial charge in [-0.25, -0.2) is 4.98 Å². The summed E-state index contributed by atoms with van der Waals surface area (Å²) in [7, 11) is 0. The van der Waals surface area contributed by atoms with Crippen LogP contribution in [0.1, 0.15) is 11.1 Å². The molecule has 4 nitrogen and oxygen atoms in total. The third-order valence-electron chi connectivity index (χ3n) is 4.53. The molecule has 0 spiro atoms. The predicted molar refractivity (Wildman–Crippen MR) is 112 cm³/mol. The first kappa shape index (κ1) is 17.3. The topological polar surface area (TPSA) is 46.9 Å². The van der Waals surface area contributed by atoms with Gasteiger partial charge >= 0.3 is 0 Å². The molecule has 1 aromatic heterocycles. The number of aryl methyl sites for hydroxylation is 2. The number of rotatable bonds is 3. The number of hydrogen-bond acceptors (Lipinski definition) is 3. The minimum Gasteiger partial charge on any atom is -0.356 e. The molecule has 134 valence electrons. The fourth-order valence-electron chi connectivity index (χ4n) is 3.09. The minimum absolute atomic E-state index is 0.149. The Morgan fingerprint density at radius 2 is 1.70 bits per heavy atom. The third-order valence-corrected chi connectivity index (χ3v) is 4.83. The van der Waals surface area contributed by atoms with Gasteiger partial charge in [0.1, 0.15) is 6.33 Å². The van der Waals surface area contributed by atoms with Crippen LogP contribution in [-0.4, -0.2) is 9.55 Å². The average Bonchev–Trinajstić information content (AvgIpc) is 2.65. The molecule has 0 unspecified atom stereocenters. The van der Waals surface area contributed by atoms with Crippen LogP contribution < -0.4 is 10.9 Å². The highest BCUT2D eigenvalue weighted by Gasteiger charge is 2.11. The molecule has 0 bridgehead atoms. The van der Waals surface area contributed by atoms with Crippen molar-refractivity contribution in [1.29, 1.82) is 0 Å². The van der Waals surface area contributed by atoms with E-state index in [0.29, 0.717) is 21.6 Å². The van der Waals surface area contributed by atoms with Gasteiger partial charge in [0.15, 0.2) is 0 Å². The van der Waals surface area contributed by atoms with Crippen LogP contribution in [0.2, 0.25) is 5.02 Å². The Labute approximate surface area is 162 Å². The molecule has 4 rings (SSSR count). The highest BCUT2D eigenvalue weighted by molar-refractivity contribution is 6.32. The number of hydrogen-bond donors (Lipinski definition) is 1. The van der Waals surface area contributed by atoms with Gasteiger partial charge in [-0.05, 0) is 55.8 Å². The second-order valence-electron chi connectivity index (χ2n) is 6.55. The molecular formula is C22H18ClN3O. The molecule has 27 heavy (non-hydrogen) atoms. The summed E-state index contributed by atoms with van der Waals surface area (Å²) in [5.41, 5.74) is 5.07. The number of aromatic nitrogens is 2. The lowest BCUT2D eigenvalue weighted by atomic mass is 10.1. The number of nitrogens with zero attached hydrogens (tertiary/aromatic N) is 2. The number of benzene rings is 3. The highest BCUT2D eigenvalue weighted by Crippen LogP contribution is 2.24. The Morgan fingerprint density at radius 1 is 0.963 bits per heavy atom. The average molecular weight is 376 g/mol. The van der Waals surface area contributed by atoms with Crippen molar-refractivity contribution in [2.75, 3.05) is 5.32 Å². The number of fused-ring (bicyclic) bond motifs is 1. The quantitative estimate of drug-likeness (QED) is 0.521. The number of nitrogens with one attached hydrogen (secondary N) is 1. The van der Waals surface area contributed by atoms with E-state index in [4.69, 9.17) is 11.6 Å². The van der Waals surface area contributed by atoms with Gasteiger partial charge in [0, 0.05) is 11.4 Å². The van der Waals surface area contributed by atoms with E-state index in [0.717, 1.165) is 16.9 Å².